The van der Waals surface area contributed by atoms with Gasteiger partial charge in [-0.25, -0.2) is 0 Å². The van der Waals surface area contributed by atoms with Crippen molar-refractivity contribution >= 4 is 6.29 Å². The average molecular weight is 194 g/mol. The van der Waals surface area contributed by atoms with Crippen molar-refractivity contribution in [2.24, 2.45) is 0 Å². The molecular formula is C11H14O3. The van der Waals surface area contributed by atoms with Gasteiger partial charge in [0.05, 0.1) is 13.2 Å². The Kier molecular flexibility index (Phi) is 3.80. The highest BCUT2D eigenvalue weighted by molar-refractivity contribution is 5.61. The van der Waals surface area contributed by atoms with Gasteiger partial charge in [-0.2, -0.15) is 0 Å². The highest BCUT2D eigenvalue weighted by Crippen LogP contribution is 2.04. The SMILES string of the molecule is C[C@](O)(C=O)COCc1ccccc1. The molecule has 3 heteroatoms. The average Bonchev–Trinajstić information content (AvgIpc) is 2.19. The molecule has 0 bridgehead atoms. The van der Waals surface area contributed by atoms with Crippen LogP contribution in [-0.2, 0) is 16.1 Å². The molecule has 1 aromatic rings. The monoisotopic (exact) mass is 194 g/mol. The van der Waals surface area contributed by atoms with Gasteiger partial charge in [0.2, 0.25) is 0 Å². The first-order valence-electron chi connectivity index (χ1n) is 4.44. The molecular weight excluding hydrogens is 180 g/mol. The van der Waals surface area contributed by atoms with Crippen molar-refractivity contribution in [1.82, 2.24) is 0 Å². The quantitative estimate of drug-likeness (QED) is 0.715. The molecule has 0 radical (unpaired) electrons. The zero-order chi connectivity index (χ0) is 10.4. The number of aliphatic hydroxyl groups is 1. The van der Waals surface area contributed by atoms with Gasteiger partial charge in [0.25, 0.3) is 0 Å². The molecule has 0 spiro atoms. The van der Waals surface area contributed by atoms with E-state index in [0.29, 0.717) is 12.9 Å². The number of carbonyl (C=O) groups is 1. The van der Waals surface area contributed by atoms with E-state index in [1.165, 1.54) is 6.92 Å². The molecule has 0 aromatic heterocycles. The fraction of sp³-hybridized carbons (Fsp3) is 0.364. The highest BCUT2D eigenvalue weighted by Gasteiger charge is 2.18. The first kappa shape index (κ1) is 10.9. The van der Waals surface area contributed by atoms with E-state index in [4.69, 9.17) is 4.74 Å². The van der Waals surface area contributed by atoms with Crippen LogP contribution >= 0.6 is 0 Å². The van der Waals surface area contributed by atoms with Crippen molar-refractivity contribution in [1.29, 1.82) is 0 Å². The Hall–Kier alpha value is -1.19. The molecule has 3 nitrogen and oxygen atoms in total. The van der Waals surface area contributed by atoms with Crippen LogP contribution in [-0.4, -0.2) is 23.6 Å². The maximum atomic E-state index is 10.3. The van der Waals surface area contributed by atoms with Gasteiger partial charge < -0.3 is 14.6 Å². The largest absolute Gasteiger partial charge is 0.380 e. The molecule has 0 amide bonds. The van der Waals surface area contributed by atoms with E-state index in [0.717, 1.165) is 5.56 Å². The normalized spacial score (nSPS) is 14.7. The number of hydrogen-bond acceptors (Lipinski definition) is 3. The maximum Gasteiger partial charge on any atom is 0.153 e. The van der Waals surface area contributed by atoms with Crippen molar-refractivity contribution in [3.8, 4) is 0 Å². The van der Waals surface area contributed by atoms with E-state index >= 15 is 0 Å². The molecule has 0 aliphatic heterocycles. The topological polar surface area (TPSA) is 46.5 Å². The van der Waals surface area contributed by atoms with Crippen LogP contribution in [0.5, 0.6) is 0 Å². The number of aldehydes is 1. The standard InChI is InChI=1S/C11H14O3/c1-11(13,8-12)9-14-7-10-5-3-2-4-6-10/h2-6,8,13H,7,9H2,1H3/t11-/m0/s1. The van der Waals surface area contributed by atoms with Gasteiger partial charge in [-0.05, 0) is 12.5 Å². The van der Waals surface area contributed by atoms with E-state index in [1.807, 2.05) is 30.3 Å². The Labute approximate surface area is 83.3 Å². The maximum absolute atomic E-state index is 10.3. The summed E-state index contributed by atoms with van der Waals surface area (Å²) in [5.74, 6) is 0. The number of benzene rings is 1. The van der Waals surface area contributed by atoms with Crippen molar-refractivity contribution in [3.63, 3.8) is 0 Å². The van der Waals surface area contributed by atoms with Crippen LogP contribution in [0.25, 0.3) is 0 Å². The van der Waals surface area contributed by atoms with Crippen LogP contribution in [0.15, 0.2) is 30.3 Å². The Balaban J connectivity index is 2.32. The summed E-state index contributed by atoms with van der Waals surface area (Å²) in [6, 6.07) is 9.60. The van der Waals surface area contributed by atoms with E-state index in [9.17, 15) is 9.90 Å². The summed E-state index contributed by atoms with van der Waals surface area (Å²) in [7, 11) is 0. The highest BCUT2D eigenvalue weighted by atomic mass is 16.5. The lowest BCUT2D eigenvalue weighted by molar-refractivity contribution is -0.128. The first-order chi connectivity index (χ1) is 6.64. The summed E-state index contributed by atoms with van der Waals surface area (Å²) in [5, 5.41) is 9.31. The molecule has 0 unspecified atom stereocenters. The van der Waals surface area contributed by atoms with Crippen LogP contribution in [0.3, 0.4) is 0 Å². The Bertz CT molecular complexity index is 280. The molecule has 0 aliphatic rings. The molecule has 1 atom stereocenters. The van der Waals surface area contributed by atoms with E-state index in [2.05, 4.69) is 0 Å². The molecule has 0 heterocycles. The van der Waals surface area contributed by atoms with Gasteiger partial charge >= 0.3 is 0 Å². The van der Waals surface area contributed by atoms with Crippen molar-refractivity contribution in [3.05, 3.63) is 35.9 Å². The zero-order valence-corrected chi connectivity index (χ0v) is 8.14. The van der Waals surface area contributed by atoms with Gasteiger partial charge in [0.1, 0.15) is 5.60 Å². The molecule has 1 aromatic carbocycles. The third-order valence-electron chi connectivity index (χ3n) is 1.76. The predicted octanol–water partition coefficient (Wildman–Crippen LogP) is 1.15. The summed E-state index contributed by atoms with van der Waals surface area (Å²) in [6.45, 7) is 1.85. The summed E-state index contributed by atoms with van der Waals surface area (Å²) in [5.41, 5.74) is -0.358. The summed E-state index contributed by atoms with van der Waals surface area (Å²) < 4.78 is 5.19. The van der Waals surface area contributed by atoms with Gasteiger partial charge in [0.15, 0.2) is 6.29 Å². The van der Waals surface area contributed by atoms with Gasteiger partial charge in [0, 0.05) is 0 Å². The summed E-state index contributed by atoms with van der Waals surface area (Å²) >= 11 is 0. The van der Waals surface area contributed by atoms with Crippen LogP contribution in [0.4, 0.5) is 0 Å². The van der Waals surface area contributed by atoms with Gasteiger partial charge in [-0.3, -0.25) is 0 Å². The van der Waals surface area contributed by atoms with Crippen LogP contribution in [0.2, 0.25) is 0 Å². The minimum Gasteiger partial charge on any atom is -0.380 e. The minimum absolute atomic E-state index is 0.0192. The molecule has 0 saturated heterocycles. The lowest BCUT2D eigenvalue weighted by atomic mass is 10.1. The second kappa shape index (κ2) is 4.88. The molecule has 14 heavy (non-hydrogen) atoms. The molecule has 0 aliphatic carbocycles. The summed E-state index contributed by atoms with van der Waals surface area (Å²) in [4.78, 5) is 10.3. The molecule has 0 saturated carbocycles. The van der Waals surface area contributed by atoms with Gasteiger partial charge in [-0.1, -0.05) is 30.3 Å². The third kappa shape index (κ3) is 3.68. The van der Waals surface area contributed by atoms with Gasteiger partial charge in [-0.15, -0.1) is 0 Å². The molecule has 76 valence electrons. The number of hydrogen-bond donors (Lipinski definition) is 1. The second-order valence-electron chi connectivity index (χ2n) is 3.45. The lowest BCUT2D eigenvalue weighted by Gasteiger charge is -2.15. The van der Waals surface area contributed by atoms with Crippen molar-refractivity contribution in [2.75, 3.05) is 6.61 Å². The lowest BCUT2D eigenvalue weighted by Crippen LogP contribution is -2.32. The third-order valence-corrected chi connectivity index (χ3v) is 1.76. The smallest absolute Gasteiger partial charge is 0.153 e. The zero-order valence-electron chi connectivity index (χ0n) is 8.14. The van der Waals surface area contributed by atoms with E-state index < -0.39 is 5.60 Å². The fourth-order valence-electron chi connectivity index (χ4n) is 0.984. The van der Waals surface area contributed by atoms with Crippen LogP contribution in [0.1, 0.15) is 12.5 Å². The minimum atomic E-state index is -1.38. The number of ether oxygens (including phenoxy) is 1. The Morgan fingerprint density at radius 3 is 2.64 bits per heavy atom. The molecule has 0 fully saturated rings. The Morgan fingerprint density at radius 1 is 1.43 bits per heavy atom. The predicted molar refractivity (Wildman–Crippen MR) is 52.8 cm³/mol. The molecule has 1 rings (SSSR count). The van der Waals surface area contributed by atoms with Crippen LogP contribution < -0.4 is 0 Å². The van der Waals surface area contributed by atoms with Crippen molar-refractivity contribution in [2.45, 2.75) is 19.1 Å². The van der Waals surface area contributed by atoms with E-state index in [1.54, 1.807) is 0 Å². The van der Waals surface area contributed by atoms with Crippen LogP contribution in [0, 0.1) is 0 Å². The fourth-order valence-corrected chi connectivity index (χ4v) is 0.984. The Morgan fingerprint density at radius 2 is 2.07 bits per heavy atom. The van der Waals surface area contributed by atoms with Crippen molar-refractivity contribution < 1.29 is 14.6 Å². The summed E-state index contributed by atoms with van der Waals surface area (Å²) in [6.07, 6.45) is 0.484. The second-order valence-corrected chi connectivity index (χ2v) is 3.45. The molecule has 1 N–H and O–H groups in total. The number of rotatable bonds is 5. The first-order valence-corrected chi connectivity index (χ1v) is 4.44. The number of carbonyl (C=O) groups excluding carboxylic acids is 1. The van der Waals surface area contributed by atoms with E-state index in [-0.39, 0.29) is 6.61 Å².